The van der Waals surface area contributed by atoms with Crippen LogP contribution < -0.4 is 0 Å². The summed E-state index contributed by atoms with van der Waals surface area (Å²) >= 11 is 3.21. The number of fused-ring (bicyclic) bond motifs is 1. The number of likely N-dealkylation sites (N-methyl/N-ethyl adjacent to an activating group) is 1. The lowest BCUT2D eigenvalue weighted by atomic mass is 9.96. The Hall–Kier alpha value is -1.91. The molecule has 4 rings (SSSR count). The van der Waals surface area contributed by atoms with Gasteiger partial charge in [-0.15, -0.1) is 35.5 Å². The van der Waals surface area contributed by atoms with Crippen LogP contribution in [0.15, 0.2) is 46.8 Å². The first-order valence-corrected chi connectivity index (χ1v) is 10.6. The minimum absolute atomic E-state index is 0. The molecule has 0 saturated heterocycles. The molecular formula is C21H19ClFN3S2. The van der Waals surface area contributed by atoms with E-state index in [0.29, 0.717) is 11.3 Å². The Morgan fingerprint density at radius 1 is 1.29 bits per heavy atom. The van der Waals surface area contributed by atoms with Crippen molar-refractivity contribution in [3.8, 4) is 16.5 Å². The molecule has 0 N–H and O–H groups in total. The van der Waals surface area contributed by atoms with Crippen LogP contribution in [0.25, 0.3) is 10.4 Å². The average Bonchev–Trinajstić information content (AvgIpc) is 3.20. The molecule has 3 nitrogen and oxygen atoms in total. The van der Waals surface area contributed by atoms with Crippen molar-refractivity contribution in [3.05, 3.63) is 70.0 Å². The van der Waals surface area contributed by atoms with E-state index in [9.17, 15) is 9.65 Å². The Morgan fingerprint density at radius 3 is 2.75 bits per heavy atom. The van der Waals surface area contributed by atoms with Crippen LogP contribution >= 0.6 is 35.5 Å². The van der Waals surface area contributed by atoms with E-state index in [1.165, 1.54) is 17.7 Å². The van der Waals surface area contributed by atoms with Gasteiger partial charge in [0.2, 0.25) is 0 Å². The summed E-state index contributed by atoms with van der Waals surface area (Å²) in [7, 11) is 2.10. The number of hydrogen-bond donors (Lipinski definition) is 0. The fourth-order valence-corrected chi connectivity index (χ4v) is 5.07. The normalized spacial score (nSPS) is 13.5. The molecule has 28 heavy (non-hydrogen) atoms. The van der Waals surface area contributed by atoms with E-state index in [4.69, 9.17) is 4.98 Å². The molecule has 0 saturated carbocycles. The van der Waals surface area contributed by atoms with Crippen LogP contribution in [0.4, 0.5) is 4.39 Å². The number of rotatable bonds is 4. The second kappa shape index (κ2) is 9.06. The largest absolute Gasteiger partial charge is 0.302 e. The zero-order valence-corrected chi connectivity index (χ0v) is 17.8. The lowest BCUT2D eigenvalue weighted by Gasteiger charge is -2.27. The van der Waals surface area contributed by atoms with Crippen LogP contribution in [0.1, 0.15) is 22.4 Å². The highest BCUT2D eigenvalue weighted by molar-refractivity contribution is 7.98. The molecule has 1 aliphatic rings. The number of pyridine rings is 1. The summed E-state index contributed by atoms with van der Waals surface area (Å²) in [5.74, 6) is 0.419. The first-order valence-electron chi connectivity index (χ1n) is 8.71. The number of hydrogen-bond acceptors (Lipinski definition) is 5. The average molecular weight is 432 g/mol. The number of aromatic nitrogens is 1. The number of nitrogens with zero attached hydrogens (tertiary/aromatic N) is 3. The minimum Gasteiger partial charge on any atom is -0.302 e. The van der Waals surface area contributed by atoms with Gasteiger partial charge < -0.3 is 4.90 Å². The smallest absolute Gasteiger partial charge is 0.123 e. The Morgan fingerprint density at radius 2 is 2.07 bits per heavy atom. The van der Waals surface area contributed by atoms with Crippen LogP contribution in [0.2, 0.25) is 0 Å². The van der Waals surface area contributed by atoms with E-state index in [1.807, 2.05) is 11.4 Å². The molecule has 0 atom stereocenters. The zero-order chi connectivity index (χ0) is 18.8. The number of benzene rings is 1. The third kappa shape index (κ3) is 4.23. The summed E-state index contributed by atoms with van der Waals surface area (Å²) in [4.78, 5) is 8.25. The number of thioether (sulfide) groups is 1. The third-order valence-electron chi connectivity index (χ3n) is 4.68. The van der Waals surface area contributed by atoms with E-state index in [2.05, 4.69) is 24.1 Å². The zero-order valence-electron chi connectivity index (χ0n) is 15.3. The van der Waals surface area contributed by atoms with Crippen molar-refractivity contribution in [2.24, 2.45) is 0 Å². The molecule has 1 aromatic carbocycles. The molecule has 144 valence electrons. The Kier molecular flexibility index (Phi) is 6.73. The van der Waals surface area contributed by atoms with Gasteiger partial charge in [0.15, 0.2) is 0 Å². The first kappa shape index (κ1) is 20.8. The quantitative estimate of drug-likeness (QED) is 0.509. The van der Waals surface area contributed by atoms with Crippen LogP contribution in [0.5, 0.6) is 0 Å². The maximum Gasteiger partial charge on any atom is 0.123 e. The lowest BCUT2D eigenvalue weighted by Crippen LogP contribution is -2.28. The second-order valence-electron chi connectivity index (χ2n) is 6.58. The van der Waals surface area contributed by atoms with Crippen molar-refractivity contribution in [3.63, 3.8) is 0 Å². The van der Waals surface area contributed by atoms with Gasteiger partial charge in [0, 0.05) is 41.4 Å². The minimum atomic E-state index is -0.238. The molecule has 0 spiro atoms. The number of thiophene rings is 1. The standard InChI is InChI=1S/C21H18FN3S2.ClH/c1-25-9-8-18-17(12-25)20(19-3-2-10-26-19)16(11-23)21(24-18)27-13-14-4-6-15(22)7-5-14;/h2-7,10H,8-9,12-13H2,1H3;1H. The maximum atomic E-state index is 13.1. The molecule has 0 aliphatic carbocycles. The summed E-state index contributed by atoms with van der Waals surface area (Å²) in [6.07, 6.45) is 0.889. The predicted molar refractivity (Wildman–Crippen MR) is 116 cm³/mol. The summed E-state index contributed by atoms with van der Waals surface area (Å²) in [5, 5.41) is 12.8. The Labute approximate surface area is 178 Å². The molecule has 3 aromatic rings. The number of nitriles is 1. The predicted octanol–water partition coefficient (Wildman–Crippen LogP) is 5.52. The highest BCUT2D eigenvalue weighted by Gasteiger charge is 2.25. The van der Waals surface area contributed by atoms with Gasteiger partial charge in [-0.2, -0.15) is 5.26 Å². The molecule has 0 fully saturated rings. The van der Waals surface area contributed by atoms with E-state index in [0.717, 1.165) is 46.2 Å². The molecule has 7 heteroatoms. The van der Waals surface area contributed by atoms with Crippen molar-refractivity contribution in [1.82, 2.24) is 9.88 Å². The van der Waals surface area contributed by atoms with Crippen LogP contribution in [0.3, 0.4) is 0 Å². The van der Waals surface area contributed by atoms with Crippen molar-refractivity contribution in [1.29, 1.82) is 5.26 Å². The van der Waals surface area contributed by atoms with Crippen LogP contribution in [-0.2, 0) is 18.7 Å². The first-order chi connectivity index (χ1) is 13.2. The van der Waals surface area contributed by atoms with Crippen LogP contribution in [0, 0.1) is 17.1 Å². The van der Waals surface area contributed by atoms with Crippen molar-refractivity contribution in [2.45, 2.75) is 23.7 Å². The van der Waals surface area contributed by atoms with Gasteiger partial charge in [0.1, 0.15) is 16.9 Å². The van der Waals surface area contributed by atoms with Gasteiger partial charge >= 0.3 is 0 Å². The van der Waals surface area contributed by atoms with Gasteiger partial charge in [-0.1, -0.05) is 18.2 Å². The highest BCUT2D eigenvalue weighted by Crippen LogP contribution is 2.39. The van der Waals surface area contributed by atoms with Crippen molar-refractivity contribution >= 4 is 35.5 Å². The van der Waals surface area contributed by atoms with Crippen LogP contribution in [-0.4, -0.2) is 23.5 Å². The maximum absolute atomic E-state index is 13.1. The van der Waals surface area contributed by atoms with Gasteiger partial charge in [0.05, 0.1) is 5.56 Å². The molecule has 0 radical (unpaired) electrons. The topological polar surface area (TPSA) is 39.9 Å². The molecule has 0 bridgehead atoms. The SMILES string of the molecule is CN1CCc2nc(SCc3ccc(F)cc3)c(C#N)c(-c3cccs3)c2C1.Cl. The monoisotopic (exact) mass is 431 g/mol. The lowest BCUT2D eigenvalue weighted by molar-refractivity contribution is 0.310. The fraction of sp³-hybridized carbons (Fsp3) is 0.238. The molecule has 0 unspecified atom stereocenters. The molecule has 0 amide bonds. The summed E-state index contributed by atoms with van der Waals surface area (Å²) in [6, 6.07) is 13.0. The highest BCUT2D eigenvalue weighted by atomic mass is 35.5. The molecule has 3 heterocycles. The summed E-state index contributed by atoms with van der Waals surface area (Å²) < 4.78 is 13.1. The van der Waals surface area contributed by atoms with Gasteiger partial charge in [-0.3, -0.25) is 0 Å². The summed E-state index contributed by atoms with van der Waals surface area (Å²) in [5.41, 5.74) is 4.97. The second-order valence-corrected chi connectivity index (χ2v) is 8.50. The number of halogens is 2. The van der Waals surface area contributed by atoms with E-state index >= 15 is 0 Å². The van der Waals surface area contributed by atoms with E-state index in [-0.39, 0.29) is 18.2 Å². The molecule has 1 aliphatic heterocycles. The van der Waals surface area contributed by atoms with Crippen molar-refractivity contribution in [2.75, 3.05) is 13.6 Å². The van der Waals surface area contributed by atoms with E-state index in [1.54, 1.807) is 35.2 Å². The fourth-order valence-electron chi connectivity index (χ4n) is 3.30. The third-order valence-corrected chi connectivity index (χ3v) is 6.61. The van der Waals surface area contributed by atoms with Crippen molar-refractivity contribution < 1.29 is 4.39 Å². The molecule has 2 aromatic heterocycles. The van der Waals surface area contributed by atoms with E-state index < -0.39 is 0 Å². The summed E-state index contributed by atoms with van der Waals surface area (Å²) in [6.45, 7) is 1.78. The Bertz CT molecular complexity index is 998. The molecular weight excluding hydrogens is 413 g/mol. The van der Waals surface area contributed by atoms with Gasteiger partial charge in [-0.25, -0.2) is 9.37 Å². The Balaban J connectivity index is 0.00000225. The van der Waals surface area contributed by atoms with Gasteiger partial charge in [0.25, 0.3) is 0 Å². The van der Waals surface area contributed by atoms with Gasteiger partial charge in [-0.05, 0) is 41.8 Å².